The molecule has 1 aliphatic rings. The quantitative estimate of drug-likeness (QED) is 0.761. The lowest BCUT2D eigenvalue weighted by molar-refractivity contribution is 0.0158. The summed E-state index contributed by atoms with van der Waals surface area (Å²) in [6, 6.07) is 2.21. The smallest absolute Gasteiger partial charge is 0.243 e. The van der Waals surface area contributed by atoms with Gasteiger partial charge in [0.15, 0.2) is 0 Å². The van der Waals surface area contributed by atoms with Crippen LogP contribution in [0.4, 0.5) is 8.78 Å². The average molecular weight is 336 g/mol. The van der Waals surface area contributed by atoms with Crippen molar-refractivity contribution >= 4 is 10.0 Å². The Morgan fingerprint density at radius 1 is 1.32 bits per heavy atom. The molecule has 1 atom stereocenters. The van der Waals surface area contributed by atoms with Crippen LogP contribution in [0.5, 0.6) is 0 Å². The van der Waals surface area contributed by atoms with Gasteiger partial charge in [0.05, 0.1) is 19.3 Å². The van der Waals surface area contributed by atoms with Gasteiger partial charge in [0.25, 0.3) is 0 Å². The molecule has 124 valence electrons. The summed E-state index contributed by atoms with van der Waals surface area (Å²) < 4.78 is 57.5. The van der Waals surface area contributed by atoms with Crippen LogP contribution in [-0.2, 0) is 14.8 Å². The molecule has 1 aromatic carbocycles. The molecule has 1 unspecified atom stereocenters. The van der Waals surface area contributed by atoms with E-state index in [1.807, 2.05) is 4.90 Å². The first-order valence-corrected chi connectivity index (χ1v) is 8.30. The SMILES string of the molecule is O=S(=O)(NCC(O)CN1CCOCC1)c1ccc(F)cc1F. The number of rotatable bonds is 6. The van der Waals surface area contributed by atoms with Crippen LogP contribution in [0.3, 0.4) is 0 Å². The van der Waals surface area contributed by atoms with Crippen molar-refractivity contribution in [2.45, 2.75) is 11.0 Å². The van der Waals surface area contributed by atoms with Gasteiger partial charge in [-0.15, -0.1) is 0 Å². The Hall–Kier alpha value is -1.13. The average Bonchev–Trinajstić information content (AvgIpc) is 2.46. The third-order valence-corrected chi connectivity index (χ3v) is 4.72. The molecule has 1 aromatic rings. The molecule has 0 saturated carbocycles. The minimum absolute atomic E-state index is 0.253. The van der Waals surface area contributed by atoms with Gasteiger partial charge in [0.1, 0.15) is 16.5 Å². The zero-order chi connectivity index (χ0) is 16.2. The number of sulfonamides is 1. The first-order valence-electron chi connectivity index (χ1n) is 6.81. The lowest BCUT2D eigenvalue weighted by atomic mass is 10.3. The maximum absolute atomic E-state index is 13.5. The van der Waals surface area contributed by atoms with Crippen molar-refractivity contribution in [1.82, 2.24) is 9.62 Å². The highest BCUT2D eigenvalue weighted by Gasteiger charge is 2.21. The lowest BCUT2D eigenvalue weighted by Crippen LogP contribution is -2.44. The van der Waals surface area contributed by atoms with Gasteiger partial charge in [0, 0.05) is 32.2 Å². The Balaban J connectivity index is 1.91. The Morgan fingerprint density at radius 3 is 2.64 bits per heavy atom. The van der Waals surface area contributed by atoms with Crippen LogP contribution >= 0.6 is 0 Å². The van der Waals surface area contributed by atoms with Gasteiger partial charge in [-0.3, -0.25) is 4.90 Å². The number of nitrogens with zero attached hydrogens (tertiary/aromatic N) is 1. The molecule has 2 N–H and O–H groups in total. The molecule has 0 amide bonds. The predicted octanol–water partition coefficient (Wildman–Crippen LogP) is -0.0638. The maximum Gasteiger partial charge on any atom is 0.243 e. The van der Waals surface area contributed by atoms with Crippen molar-refractivity contribution in [3.63, 3.8) is 0 Å². The van der Waals surface area contributed by atoms with Crippen molar-refractivity contribution in [3.05, 3.63) is 29.8 Å². The number of hydrogen-bond acceptors (Lipinski definition) is 5. The van der Waals surface area contributed by atoms with Crippen molar-refractivity contribution in [1.29, 1.82) is 0 Å². The van der Waals surface area contributed by atoms with Gasteiger partial charge in [0.2, 0.25) is 10.0 Å². The fourth-order valence-electron chi connectivity index (χ4n) is 2.12. The van der Waals surface area contributed by atoms with Crippen LogP contribution in [0.2, 0.25) is 0 Å². The van der Waals surface area contributed by atoms with Gasteiger partial charge in [-0.1, -0.05) is 0 Å². The molecule has 6 nitrogen and oxygen atoms in total. The van der Waals surface area contributed by atoms with E-state index in [9.17, 15) is 22.3 Å². The molecule has 1 saturated heterocycles. The molecule has 22 heavy (non-hydrogen) atoms. The van der Waals surface area contributed by atoms with E-state index in [4.69, 9.17) is 4.74 Å². The van der Waals surface area contributed by atoms with E-state index < -0.39 is 32.7 Å². The zero-order valence-corrected chi connectivity index (χ0v) is 12.7. The van der Waals surface area contributed by atoms with Crippen LogP contribution in [0.1, 0.15) is 0 Å². The van der Waals surface area contributed by atoms with E-state index in [0.29, 0.717) is 32.4 Å². The standard InChI is InChI=1S/C13H18F2N2O4S/c14-10-1-2-13(12(15)7-10)22(19,20)16-8-11(18)9-17-3-5-21-6-4-17/h1-2,7,11,16,18H,3-6,8-9H2. The molecule has 0 spiro atoms. The van der Waals surface area contributed by atoms with Gasteiger partial charge in [-0.25, -0.2) is 21.9 Å². The number of nitrogens with one attached hydrogen (secondary N) is 1. The number of aliphatic hydroxyl groups is 1. The summed E-state index contributed by atoms with van der Waals surface area (Å²) in [4.78, 5) is 1.30. The number of morpholine rings is 1. The Labute approximate surface area is 127 Å². The van der Waals surface area contributed by atoms with Crippen LogP contribution in [0, 0.1) is 11.6 Å². The predicted molar refractivity (Wildman–Crippen MR) is 74.8 cm³/mol. The third-order valence-electron chi connectivity index (χ3n) is 3.27. The Bertz CT molecular complexity index is 606. The Kier molecular flexibility index (Phi) is 5.81. The summed E-state index contributed by atoms with van der Waals surface area (Å²) in [5.74, 6) is -2.03. The molecule has 9 heteroatoms. The summed E-state index contributed by atoms with van der Waals surface area (Å²) in [7, 11) is -4.14. The second-order valence-electron chi connectivity index (χ2n) is 4.99. The normalized spacial score (nSPS) is 18.3. The maximum atomic E-state index is 13.5. The molecule has 1 fully saturated rings. The van der Waals surface area contributed by atoms with Crippen LogP contribution < -0.4 is 4.72 Å². The van der Waals surface area contributed by atoms with Crippen molar-refractivity contribution in [2.75, 3.05) is 39.4 Å². The topological polar surface area (TPSA) is 78.9 Å². The summed E-state index contributed by atoms with van der Waals surface area (Å²) in [6.45, 7) is 2.50. The third kappa shape index (κ3) is 4.68. The Morgan fingerprint density at radius 2 is 2.00 bits per heavy atom. The number of ether oxygens (including phenoxy) is 1. The molecular weight excluding hydrogens is 318 g/mol. The van der Waals surface area contributed by atoms with E-state index in [0.717, 1.165) is 12.1 Å². The van der Waals surface area contributed by atoms with Crippen molar-refractivity contribution < 1.29 is 27.0 Å². The number of benzene rings is 1. The molecule has 0 bridgehead atoms. The van der Waals surface area contributed by atoms with E-state index in [-0.39, 0.29) is 13.1 Å². The van der Waals surface area contributed by atoms with Crippen LogP contribution in [-0.4, -0.2) is 63.9 Å². The second kappa shape index (κ2) is 7.42. The van der Waals surface area contributed by atoms with Gasteiger partial charge >= 0.3 is 0 Å². The first-order chi connectivity index (χ1) is 10.4. The second-order valence-corrected chi connectivity index (χ2v) is 6.73. The number of β-amino-alcohol motifs (C(OH)–C–C–N with tert-alkyl or cyclic N) is 1. The van der Waals surface area contributed by atoms with E-state index in [1.165, 1.54) is 0 Å². The molecule has 0 radical (unpaired) electrons. The van der Waals surface area contributed by atoms with Gasteiger partial charge in [-0.2, -0.15) is 0 Å². The summed E-state index contributed by atoms with van der Waals surface area (Å²) in [5.41, 5.74) is 0. The number of hydrogen-bond donors (Lipinski definition) is 2. The molecular formula is C13H18F2N2O4S. The number of halogens is 2. The van der Waals surface area contributed by atoms with Crippen molar-refractivity contribution in [2.24, 2.45) is 0 Å². The monoisotopic (exact) mass is 336 g/mol. The van der Waals surface area contributed by atoms with E-state index >= 15 is 0 Å². The van der Waals surface area contributed by atoms with E-state index in [1.54, 1.807) is 0 Å². The summed E-state index contributed by atoms with van der Waals surface area (Å²) >= 11 is 0. The first kappa shape index (κ1) is 17.2. The summed E-state index contributed by atoms with van der Waals surface area (Å²) in [6.07, 6.45) is -0.934. The van der Waals surface area contributed by atoms with Gasteiger partial charge < -0.3 is 9.84 Å². The molecule has 0 aromatic heterocycles. The minimum Gasteiger partial charge on any atom is -0.390 e. The minimum atomic E-state index is -4.14. The van der Waals surface area contributed by atoms with Crippen molar-refractivity contribution in [3.8, 4) is 0 Å². The zero-order valence-electron chi connectivity index (χ0n) is 11.8. The molecule has 1 aliphatic heterocycles. The highest BCUT2D eigenvalue weighted by molar-refractivity contribution is 7.89. The molecule has 1 heterocycles. The lowest BCUT2D eigenvalue weighted by Gasteiger charge is -2.28. The van der Waals surface area contributed by atoms with Crippen LogP contribution in [0.15, 0.2) is 23.1 Å². The highest BCUT2D eigenvalue weighted by atomic mass is 32.2. The summed E-state index contributed by atoms with van der Waals surface area (Å²) in [5, 5.41) is 9.86. The fraction of sp³-hybridized carbons (Fsp3) is 0.538. The molecule has 2 rings (SSSR count). The largest absolute Gasteiger partial charge is 0.390 e. The number of aliphatic hydroxyl groups excluding tert-OH is 1. The fourth-order valence-corrected chi connectivity index (χ4v) is 3.25. The van der Waals surface area contributed by atoms with Gasteiger partial charge in [-0.05, 0) is 12.1 Å². The molecule has 0 aliphatic carbocycles. The highest BCUT2D eigenvalue weighted by Crippen LogP contribution is 2.15. The van der Waals surface area contributed by atoms with Crippen LogP contribution in [0.25, 0.3) is 0 Å². The van der Waals surface area contributed by atoms with E-state index in [2.05, 4.69) is 4.72 Å².